The SMILES string of the molecule is CCn1nccc1C(=O)N1CCN(Cc2ccc(C)cc2)C(=O)C1. The third-order valence-electron chi connectivity index (χ3n) is 4.34. The molecule has 1 fully saturated rings. The molecule has 1 aromatic carbocycles. The van der Waals surface area contributed by atoms with Crippen molar-refractivity contribution in [1.82, 2.24) is 19.6 Å². The Morgan fingerprint density at radius 1 is 1.17 bits per heavy atom. The highest BCUT2D eigenvalue weighted by Gasteiger charge is 2.29. The molecule has 6 nitrogen and oxygen atoms in total. The smallest absolute Gasteiger partial charge is 0.272 e. The van der Waals surface area contributed by atoms with E-state index in [1.54, 1.807) is 21.8 Å². The van der Waals surface area contributed by atoms with Gasteiger partial charge in [0.1, 0.15) is 12.2 Å². The first kappa shape index (κ1) is 16.2. The van der Waals surface area contributed by atoms with Crippen molar-refractivity contribution in [3.05, 3.63) is 53.3 Å². The molecule has 0 atom stereocenters. The van der Waals surface area contributed by atoms with Crippen molar-refractivity contribution in [2.45, 2.75) is 26.9 Å². The molecule has 0 unspecified atom stereocenters. The summed E-state index contributed by atoms with van der Waals surface area (Å²) in [5, 5.41) is 4.12. The van der Waals surface area contributed by atoms with Crippen molar-refractivity contribution >= 4 is 11.8 Å². The van der Waals surface area contributed by atoms with Crippen LogP contribution in [0.25, 0.3) is 0 Å². The molecule has 0 N–H and O–H groups in total. The monoisotopic (exact) mass is 326 g/mol. The minimum Gasteiger partial charge on any atom is -0.335 e. The van der Waals surface area contributed by atoms with E-state index in [9.17, 15) is 9.59 Å². The predicted molar refractivity (Wildman–Crippen MR) is 90.4 cm³/mol. The molecule has 1 aliphatic rings. The Balaban J connectivity index is 1.63. The van der Waals surface area contributed by atoms with Crippen LogP contribution in [0.2, 0.25) is 0 Å². The second kappa shape index (κ2) is 6.86. The van der Waals surface area contributed by atoms with Crippen LogP contribution < -0.4 is 0 Å². The summed E-state index contributed by atoms with van der Waals surface area (Å²) in [5.74, 6) is -0.143. The maximum atomic E-state index is 12.6. The number of hydrogen-bond donors (Lipinski definition) is 0. The summed E-state index contributed by atoms with van der Waals surface area (Å²) in [6.45, 7) is 6.43. The van der Waals surface area contributed by atoms with Crippen LogP contribution in [0.1, 0.15) is 28.5 Å². The lowest BCUT2D eigenvalue weighted by molar-refractivity contribution is -0.135. The number of benzene rings is 1. The van der Waals surface area contributed by atoms with Gasteiger partial charge in [-0.05, 0) is 25.5 Å². The fourth-order valence-corrected chi connectivity index (χ4v) is 2.89. The first-order chi connectivity index (χ1) is 11.6. The standard InChI is InChI=1S/C18H22N4O2/c1-3-22-16(8-9-19-22)18(24)21-11-10-20(17(23)13-21)12-15-6-4-14(2)5-7-15/h4-9H,3,10-13H2,1-2H3. The Morgan fingerprint density at radius 3 is 2.58 bits per heavy atom. The number of aryl methyl sites for hydroxylation is 2. The fourth-order valence-electron chi connectivity index (χ4n) is 2.89. The Labute approximate surface area is 141 Å². The number of carbonyl (C=O) groups is 2. The number of nitrogens with zero attached hydrogens (tertiary/aromatic N) is 4. The number of hydrogen-bond acceptors (Lipinski definition) is 3. The van der Waals surface area contributed by atoms with Crippen molar-refractivity contribution < 1.29 is 9.59 Å². The number of carbonyl (C=O) groups excluding carboxylic acids is 2. The molecule has 24 heavy (non-hydrogen) atoms. The second-order valence-corrected chi connectivity index (χ2v) is 6.06. The normalized spacial score (nSPS) is 15.0. The molecular weight excluding hydrogens is 304 g/mol. The molecule has 3 rings (SSSR count). The number of rotatable bonds is 4. The molecule has 126 valence electrons. The fraction of sp³-hybridized carbons (Fsp3) is 0.389. The van der Waals surface area contributed by atoms with Crippen LogP contribution >= 0.6 is 0 Å². The van der Waals surface area contributed by atoms with Crippen LogP contribution in [-0.4, -0.2) is 51.0 Å². The summed E-state index contributed by atoms with van der Waals surface area (Å²) >= 11 is 0. The van der Waals surface area contributed by atoms with Crippen molar-refractivity contribution in [1.29, 1.82) is 0 Å². The van der Waals surface area contributed by atoms with Gasteiger partial charge in [0, 0.05) is 32.4 Å². The molecule has 6 heteroatoms. The number of amides is 2. The number of piperazine rings is 1. The maximum absolute atomic E-state index is 12.6. The van der Waals surface area contributed by atoms with Gasteiger partial charge in [-0.3, -0.25) is 14.3 Å². The van der Waals surface area contributed by atoms with Gasteiger partial charge in [0.05, 0.1) is 0 Å². The third kappa shape index (κ3) is 3.32. The Bertz CT molecular complexity index is 736. The van der Waals surface area contributed by atoms with E-state index in [2.05, 4.69) is 5.10 Å². The molecule has 1 saturated heterocycles. The molecule has 0 radical (unpaired) electrons. The summed E-state index contributed by atoms with van der Waals surface area (Å²) in [6, 6.07) is 9.88. The number of aromatic nitrogens is 2. The highest BCUT2D eigenvalue weighted by atomic mass is 16.2. The van der Waals surface area contributed by atoms with Gasteiger partial charge in [-0.15, -0.1) is 0 Å². The highest BCUT2D eigenvalue weighted by molar-refractivity contribution is 5.95. The van der Waals surface area contributed by atoms with Crippen molar-refractivity contribution in [3.8, 4) is 0 Å². The van der Waals surface area contributed by atoms with Gasteiger partial charge in [0.2, 0.25) is 5.91 Å². The predicted octanol–water partition coefficient (Wildman–Crippen LogP) is 1.70. The largest absolute Gasteiger partial charge is 0.335 e. The average molecular weight is 326 g/mol. The van der Waals surface area contributed by atoms with Gasteiger partial charge in [-0.1, -0.05) is 29.8 Å². The lowest BCUT2D eigenvalue weighted by Gasteiger charge is -2.34. The molecule has 2 amide bonds. The van der Waals surface area contributed by atoms with E-state index in [1.165, 1.54) is 5.56 Å². The zero-order valence-electron chi connectivity index (χ0n) is 14.1. The first-order valence-corrected chi connectivity index (χ1v) is 8.23. The Hall–Kier alpha value is -2.63. The zero-order chi connectivity index (χ0) is 17.1. The molecule has 0 saturated carbocycles. The van der Waals surface area contributed by atoms with Gasteiger partial charge in [0.25, 0.3) is 5.91 Å². The van der Waals surface area contributed by atoms with Crippen LogP contribution in [0.15, 0.2) is 36.5 Å². The van der Waals surface area contributed by atoms with E-state index >= 15 is 0 Å². The van der Waals surface area contributed by atoms with Gasteiger partial charge >= 0.3 is 0 Å². The van der Waals surface area contributed by atoms with Crippen LogP contribution in [0.5, 0.6) is 0 Å². The minimum atomic E-state index is -0.127. The summed E-state index contributed by atoms with van der Waals surface area (Å²) in [4.78, 5) is 28.4. The minimum absolute atomic E-state index is 0.0160. The van der Waals surface area contributed by atoms with Crippen LogP contribution in [0.4, 0.5) is 0 Å². The van der Waals surface area contributed by atoms with E-state index in [-0.39, 0.29) is 18.4 Å². The Morgan fingerprint density at radius 2 is 1.92 bits per heavy atom. The van der Waals surface area contributed by atoms with Crippen molar-refractivity contribution in [3.63, 3.8) is 0 Å². The van der Waals surface area contributed by atoms with Crippen LogP contribution in [0.3, 0.4) is 0 Å². The molecule has 1 aliphatic heterocycles. The first-order valence-electron chi connectivity index (χ1n) is 8.23. The van der Waals surface area contributed by atoms with Gasteiger partial charge in [-0.2, -0.15) is 5.10 Å². The van der Waals surface area contributed by atoms with Crippen molar-refractivity contribution in [2.24, 2.45) is 0 Å². The van der Waals surface area contributed by atoms with E-state index in [1.807, 2.05) is 43.0 Å². The molecule has 2 aromatic rings. The molecule has 0 bridgehead atoms. The van der Waals surface area contributed by atoms with E-state index in [4.69, 9.17) is 0 Å². The Kier molecular flexibility index (Phi) is 4.64. The second-order valence-electron chi connectivity index (χ2n) is 6.06. The molecule has 0 spiro atoms. The summed E-state index contributed by atoms with van der Waals surface area (Å²) in [6.07, 6.45) is 1.62. The quantitative estimate of drug-likeness (QED) is 0.859. The zero-order valence-corrected chi connectivity index (χ0v) is 14.1. The molecule has 0 aliphatic carbocycles. The molecule has 2 heterocycles. The summed E-state index contributed by atoms with van der Waals surface area (Å²) < 4.78 is 1.66. The highest BCUT2D eigenvalue weighted by Crippen LogP contribution is 2.13. The average Bonchev–Trinajstić information content (AvgIpc) is 3.06. The maximum Gasteiger partial charge on any atom is 0.272 e. The van der Waals surface area contributed by atoms with Gasteiger partial charge < -0.3 is 9.80 Å². The van der Waals surface area contributed by atoms with E-state index < -0.39 is 0 Å². The van der Waals surface area contributed by atoms with Gasteiger partial charge in [-0.25, -0.2) is 0 Å². The molecular formula is C18H22N4O2. The van der Waals surface area contributed by atoms with E-state index in [0.717, 1.165) is 5.56 Å². The third-order valence-corrected chi connectivity index (χ3v) is 4.34. The van der Waals surface area contributed by atoms with Crippen LogP contribution in [0, 0.1) is 6.92 Å². The lowest BCUT2D eigenvalue weighted by Crippen LogP contribution is -2.52. The summed E-state index contributed by atoms with van der Waals surface area (Å²) in [5.41, 5.74) is 2.85. The lowest BCUT2D eigenvalue weighted by atomic mass is 10.1. The van der Waals surface area contributed by atoms with E-state index in [0.29, 0.717) is 31.9 Å². The summed E-state index contributed by atoms with van der Waals surface area (Å²) in [7, 11) is 0. The molecule has 1 aromatic heterocycles. The van der Waals surface area contributed by atoms with Crippen molar-refractivity contribution in [2.75, 3.05) is 19.6 Å². The topological polar surface area (TPSA) is 58.4 Å². The van der Waals surface area contributed by atoms with Crippen LogP contribution in [-0.2, 0) is 17.9 Å². The van der Waals surface area contributed by atoms with Gasteiger partial charge in [0.15, 0.2) is 0 Å².